The summed E-state index contributed by atoms with van der Waals surface area (Å²) >= 11 is 13.9. The van der Waals surface area contributed by atoms with Crippen LogP contribution < -0.4 is 5.32 Å². The van der Waals surface area contributed by atoms with Gasteiger partial charge in [0.2, 0.25) is 0 Å². The van der Waals surface area contributed by atoms with Crippen molar-refractivity contribution in [1.29, 1.82) is 0 Å². The summed E-state index contributed by atoms with van der Waals surface area (Å²) in [6.07, 6.45) is 3.44. The Morgan fingerprint density at radius 2 is 2.07 bits per heavy atom. The molecule has 1 aliphatic rings. The first-order valence-electron chi connectivity index (χ1n) is 5.32. The molecule has 0 bridgehead atoms. The van der Waals surface area contributed by atoms with Crippen LogP contribution >= 0.6 is 34.5 Å². The Labute approximate surface area is 105 Å². The fourth-order valence-electron chi connectivity index (χ4n) is 2.20. The molecule has 1 aromatic rings. The van der Waals surface area contributed by atoms with E-state index in [4.69, 9.17) is 23.2 Å². The monoisotopic (exact) mass is 263 g/mol. The van der Waals surface area contributed by atoms with Crippen LogP contribution in [0.2, 0.25) is 8.67 Å². The number of hydrogen-bond donors (Lipinski definition) is 1. The zero-order chi connectivity index (χ0) is 11.0. The van der Waals surface area contributed by atoms with E-state index in [0.29, 0.717) is 12.1 Å². The summed E-state index contributed by atoms with van der Waals surface area (Å²) in [4.78, 5) is 0. The van der Waals surface area contributed by atoms with Crippen molar-refractivity contribution < 1.29 is 0 Å². The first kappa shape index (κ1) is 11.7. The maximum atomic E-state index is 6.24. The van der Waals surface area contributed by atoms with E-state index in [9.17, 15) is 0 Å². The highest BCUT2D eigenvalue weighted by atomic mass is 35.5. The Hall–Kier alpha value is 0.240. The van der Waals surface area contributed by atoms with Gasteiger partial charge in [-0.2, -0.15) is 0 Å². The smallest absolute Gasteiger partial charge is 0.0994 e. The van der Waals surface area contributed by atoms with Gasteiger partial charge in [-0.1, -0.05) is 37.0 Å². The average molecular weight is 264 g/mol. The molecule has 0 amide bonds. The van der Waals surface area contributed by atoms with E-state index < -0.39 is 0 Å². The van der Waals surface area contributed by atoms with Gasteiger partial charge in [0.25, 0.3) is 0 Å². The second-order valence-corrected chi connectivity index (χ2v) is 6.53. The Morgan fingerprint density at radius 1 is 1.33 bits per heavy atom. The van der Waals surface area contributed by atoms with Gasteiger partial charge in [0.15, 0.2) is 0 Å². The number of halogens is 2. The number of hydrogen-bond acceptors (Lipinski definition) is 2. The van der Waals surface area contributed by atoms with Crippen LogP contribution in [0.4, 0.5) is 0 Å². The highest BCUT2D eigenvalue weighted by molar-refractivity contribution is 7.20. The second kappa shape index (κ2) is 4.62. The van der Waals surface area contributed by atoms with Crippen molar-refractivity contribution in [3.63, 3.8) is 0 Å². The molecule has 0 aromatic carbocycles. The van der Waals surface area contributed by atoms with E-state index >= 15 is 0 Å². The van der Waals surface area contributed by atoms with Gasteiger partial charge in [-0.15, -0.1) is 11.3 Å². The van der Waals surface area contributed by atoms with Crippen LogP contribution in [0.5, 0.6) is 0 Å². The van der Waals surface area contributed by atoms with Crippen molar-refractivity contribution in [2.45, 2.75) is 45.2 Å². The lowest BCUT2D eigenvalue weighted by Crippen LogP contribution is -2.30. The van der Waals surface area contributed by atoms with Crippen LogP contribution in [0.1, 0.15) is 43.9 Å². The third-order valence-electron chi connectivity index (χ3n) is 2.76. The summed E-state index contributed by atoms with van der Waals surface area (Å²) in [6, 6.07) is 0.876. The average Bonchev–Trinajstić information content (AvgIpc) is 2.43. The molecule has 0 fully saturated rings. The molecule has 1 aromatic heterocycles. The van der Waals surface area contributed by atoms with Crippen LogP contribution in [0.15, 0.2) is 0 Å². The maximum Gasteiger partial charge on any atom is 0.0994 e. The van der Waals surface area contributed by atoms with Crippen LogP contribution in [-0.4, -0.2) is 6.04 Å². The molecule has 1 nitrogen and oxygen atoms in total. The minimum Gasteiger partial charge on any atom is -0.308 e. The van der Waals surface area contributed by atoms with Gasteiger partial charge in [-0.3, -0.25) is 0 Å². The zero-order valence-corrected chi connectivity index (χ0v) is 11.3. The van der Waals surface area contributed by atoms with Gasteiger partial charge in [0.1, 0.15) is 0 Å². The third-order valence-corrected chi connectivity index (χ3v) is 4.48. The van der Waals surface area contributed by atoms with E-state index in [1.165, 1.54) is 28.9 Å². The summed E-state index contributed by atoms with van der Waals surface area (Å²) in [6.45, 7) is 4.33. The van der Waals surface area contributed by atoms with E-state index in [1.807, 2.05) is 0 Å². The summed E-state index contributed by atoms with van der Waals surface area (Å²) in [7, 11) is 0. The van der Waals surface area contributed by atoms with Crippen molar-refractivity contribution in [2.24, 2.45) is 0 Å². The summed E-state index contributed by atoms with van der Waals surface area (Å²) in [5.74, 6) is 0. The van der Waals surface area contributed by atoms with E-state index in [-0.39, 0.29) is 0 Å². The highest BCUT2D eigenvalue weighted by Gasteiger charge is 2.27. The largest absolute Gasteiger partial charge is 0.308 e. The van der Waals surface area contributed by atoms with Crippen LogP contribution in [0.3, 0.4) is 0 Å². The predicted molar refractivity (Wildman–Crippen MR) is 68.3 cm³/mol. The Bertz CT molecular complexity index is 360. The Balaban J connectivity index is 2.33. The minimum absolute atomic E-state index is 0.394. The maximum absolute atomic E-state index is 6.24. The molecule has 1 aliphatic carbocycles. The van der Waals surface area contributed by atoms with Gasteiger partial charge < -0.3 is 5.32 Å². The molecule has 0 radical (unpaired) electrons. The van der Waals surface area contributed by atoms with Crippen molar-refractivity contribution in [3.8, 4) is 0 Å². The highest BCUT2D eigenvalue weighted by Crippen LogP contribution is 2.44. The fraction of sp³-hybridized carbons (Fsp3) is 0.636. The molecule has 0 saturated heterocycles. The lowest BCUT2D eigenvalue weighted by Gasteiger charge is -2.26. The van der Waals surface area contributed by atoms with Crippen molar-refractivity contribution in [2.75, 3.05) is 0 Å². The standard InChI is InChI=1S/C11H15Cl2NS/c1-6(2)14-8-5-3-4-7-9(8)11(13)15-10(7)12/h6,8,14H,3-5H2,1-2H3. The zero-order valence-electron chi connectivity index (χ0n) is 8.94. The third kappa shape index (κ3) is 2.33. The summed E-state index contributed by atoms with van der Waals surface area (Å²) in [5.41, 5.74) is 2.53. The minimum atomic E-state index is 0.394. The quantitative estimate of drug-likeness (QED) is 0.833. The van der Waals surface area contributed by atoms with Gasteiger partial charge >= 0.3 is 0 Å². The molecule has 0 spiro atoms. The van der Waals surface area contributed by atoms with Gasteiger partial charge in [-0.25, -0.2) is 0 Å². The molecule has 1 unspecified atom stereocenters. The van der Waals surface area contributed by atoms with Crippen molar-refractivity contribution in [1.82, 2.24) is 5.32 Å². The molecule has 15 heavy (non-hydrogen) atoms. The molecule has 1 atom stereocenters. The number of thiophene rings is 1. The Morgan fingerprint density at radius 3 is 2.73 bits per heavy atom. The molecule has 1 heterocycles. The number of nitrogens with one attached hydrogen (secondary N) is 1. The predicted octanol–water partition coefficient (Wildman–Crippen LogP) is 4.43. The molecular formula is C11H15Cl2NS. The van der Waals surface area contributed by atoms with Crippen LogP contribution in [-0.2, 0) is 6.42 Å². The van der Waals surface area contributed by atoms with Crippen LogP contribution in [0.25, 0.3) is 0 Å². The normalized spacial score (nSPS) is 20.7. The van der Waals surface area contributed by atoms with Crippen LogP contribution in [0, 0.1) is 0 Å². The SMILES string of the molecule is CC(C)NC1CCCc2c(Cl)sc(Cl)c21. The topological polar surface area (TPSA) is 12.0 Å². The lowest BCUT2D eigenvalue weighted by molar-refractivity contribution is 0.425. The molecule has 4 heteroatoms. The molecule has 0 saturated carbocycles. The van der Waals surface area contributed by atoms with Crippen molar-refractivity contribution in [3.05, 3.63) is 19.8 Å². The second-order valence-electron chi connectivity index (χ2n) is 4.31. The van der Waals surface area contributed by atoms with Gasteiger partial charge in [-0.05, 0) is 24.8 Å². The Kier molecular flexibility index (Phi) is 3.61. The lowest BCUT2D eigenvalue weighted by atomic mass is 9.90. The number of fused-ring (bicyclic) bond motifs is 1. The van der Waals surface area contributed by atoms with Gasteiger partial charge in [0.05, 0.1) is 8.67 Å². The summed E-state index contributed by atoms with van der Waals surface area (Å²) < 4.78 is 1.75. The molecule has 1 N–H and O–H groups in total. The number of rotatable bonds is 2. The molecule has 84 valence electrons. The van der Waals surface area contributed by atoms with E-state index in [2.05, 4.69) is 19.2 Å². The first-order chi connectivity index (χ1) is 7.09. The molecular weight excluding hydrogens is 249 g/mol. The summed E-state index contributed by atoms with van der Waals surface area (Å²) in [5, 5.41) is 3.56. The first-order valence-corrected chi connectivity index (χ1v) is 6.89. The fourth-order valence-corrected chi connectivity index (χ4v) is 4.09. The van der Waals surface area contributed by atoms with Crippen molar-refractivity contribution >= 4 is 34.5 Å². The molecule has 0 aliphatic heterocycles. The van der Waals surface area contributed by atoms with E-state index in [0.717, 1.165) is 21.5 Å². The van der Waals surface area contributed by atoms with Gasteiger partial charge in [0, 0.05) is 17.6 Å². The van der Waals surface area contributed by atoms with E-state index in [1.54, 1.807) is 0 Å². The molecule has 2 rings (SSSR count).